The minimum Gasteiger partial charge on any atom is -0.444 e. The molecule has 8 nitrogen and oxygen atoms in total. The first-order valence-corrected chi connectivity index (χ1v) is 12.0. The standard InChI is InChI=1S/C22H28Cl2N6O2S/c1-21(2,3)32-20(31)28-22(4)8-10-29(11-9-22)19-27-12-16(18(26)30(19)13-25)33-15-7-5-6-14(23)17(15)24/h5-7,12-13,25-26H,8-11H2,1-4H3,(H,28,31). The van der Waals surface area contributed by atoms with Crippen LogP contribution in [0, 0.1) is 10.8 Å². The predicted octanol–water partition coefficient (Wildman–Crippen LogP) is 5.16. The van der Waals surface area contributed by atoms with Crippen molar-refractivity contribution in [1.82, 2.24) is 14.9 Å². The smallest absolute Gasteiger partial charge is 0.408 e. The molecule has 0 atom stereocenters. The molecule has 178 valence electrons. The van der Waals surface area contributed by atoms with Gasteiger partial charge < -0.3 is 15.0 Å². The first-order valence-electron chi connectivity index (χ1n) is 10.5. The van der Waals surface area contributed by atoms with Crippen LogP contribution in [0.1, 0.15) is 40.5 Å². The summed E-state index contributed by atoms with van der Waals surface area (Å²) in [6, 6.07) is 5.32. The quantitative estimate of drug-likeness (QED) is 0.380. The van der Waals surface area contributed by atoms with Crippen LogP contribution in [0.3, 0.4) is 0 Å². The number of nitrogens with zero attached hydrogens (tertiary/aromatic N) is 3. The van der Waals surface area contributed by atoms with Crippen LogP contribution in [0.2, 0.25) is 10.0 Å². The molecule has 0 aliphatic carbocycles. The fourth-order valence-electron chi connectivity index (χ4n) is 3.45. The number of carbonyl (C=O) groups is 1. The molecule has 0 radical (unpaired) electrons. The van der Waals surface area contributed by atoms with Gasteiger partial charge in [0.25, 0.3) is 0 Å². The third kappa shape index (κ3) is 6.22. The second-order valence-electron chi connectivity index (χ2n) is 9.10. The molecule has 0 saturated carbocycles. The van der Waals surface area contributed by atoms with Crippen molar-refractivity contribution in [3.63, 3.8) is 0 Å². The summed E-state index contributed by atoms with van der Waals surface area (Å²) >= 11 is 13.7. The van der Waals surface area contributed by atoms with Gasteiger partial charge in [-0.15, -0.1) is 0 Å². The number of aromatic nitrogens is 2. The highest BCUT2D eigenvalue weighted by Crippen LogP contribution is 2.36. The average molecular weight is 511 g/mol. The molecule has 33 heavy (non-hydrogen) atoms. The summed E-state index contributed by atoms with van der Waals surface area (Å²) in [5, 5.41) is 20.3. The van der Waals surface area contributed by atoms with Crippen LogP contribution < -0.4 is 15.7 Å². The number of benzene rings is 1. The summed E-state index contributed by atoms with van der Waals surface area (Å²) in [4.78, 5) is 20.1. The maximum Gasteiger partial charge on any atom is 0.408 e. The summed E-state index contributed by atoms with van der Waals surface area (Å²) in [6.07, 6.45) is 3.62. The Labute approximate surface area is 207 Å². The van der Waals surface area contributed by atoms with E-state index in [1.54, 1.807) is 18.3 Å². The van der Waals surface area contributed by atoms with E-state index < -0.39 is 17.2 Å². The number of rotatable bonds is 5. The van der Waals surface area contributed by atoms with Crippen molar-refractivity contribution in [2.24, 2.45) is 0 Å². The van der Waals surface area contributed by atoms with Gasteiger partial charge >= 0.3 is 6.09 Å². The Bertz CT molecular complexity index is 1110. The molecule has 1 amide bonds. The van der Waals surface area contributed by atoms with E-state index in [4.69, 9.17) is 38.8 Å². The molecule has 11 heteroatoms. The van der Waals surface area contributed by atoms with Crippen molar-refractivity contribution in [1.29, 1.82) is 10.8 Å². The SMILES string of the molecule is CC1(NC(=O)OC(C)(C)C)CCN(c2ncc(Sc3cccc(Cl)c3Cl)c(=N)n2C=N)CC1. The largest absolute Gasteiger partial charge is 0.444 e. The van der Waals surface area contributed by atoms with Crippen molar-refractivity contribution in [2.75, 3.05) is 18.0 Å². The number of hydrogen-bond donors (Lipinski definition) is 3. The zero-order chi connectivity index (χ0) is 24.4. The molecule has 1 fully saturated rings. The van der Waals surface area contributed by atoms with Crippen molar-refractivity contribution in [3.8, 4) is 0 Å². The molecule has 0 unspecified atom stereocenters. The highest BCUT2D eigenvalue weighted by atomic mass is 35.5. The highest BCUT2D eigenvalue weighted by Gasteiger charge is 2.34. The third-order valence-electron chi connectivity index (χ3n) is 5.20. The van der Waals surface area contributed by atoms with Crippen molar-refractivity contribution in [3.05, 3.63) is 39.9 Å². The highest BCUT2D eigenvalue weighted by molar-refractivity contribution is 7.99. The number of carbonyl (C=O) groups excluding carboxylic acids is 1. The molecular weight excluding hydrogens is 483 g/mol. The first-order chi connectivity index (χ1) is 15.4. The molecule has 0 bridgehead atoms. The summed E-state index contributed by atoms with van der Waals surface area (Å²) in [7, 11) is 0. The van der Waals surface area contributed by atoms with E-state index in [1.165, 1.54) is 16.3 Å². The molecule has 1 aromatic carbocycles. The van der Waals surface area contributed by atoms with E-state index >= 15 is 0 Å². The maximum atomic E-state index is 12.2. The summed E-state index contributed by atoms with van der Waals surface area (Å²) in [6.45, 7) is 8.72. The van der Waals surface area contributed by atoms with Crippen LogP contribution in [-0.4, -0.2) is 46.2 Å². The van der Waals surface area contributed by atoms with E-state index in [2.05, 4.69) is 10.3 Å². The van der Waals surface area contributed by atoms with Gasteiger partial charge in [0.2, 0.25) is 5.95 Å². The van der Waals surface area contributed by atoms with Gasteiger partial charge in [0.1, 0.15) is 11.1 Å². The summed E-state index contributed by atoms with van der Waals surface area (Å²) in [5.41, 5.74) is -0.825. The number of halogens is 2. The lowest BCUT2D eigenvalue weighted by Crippen LogP contribution is -2.55. The molecular formula is C22H28Cl2N6O2S. The van der Waals surface area contributed by atoms with E-state index in [-0.39, 0.29) is 5.49 Å². The zero-order valence-corrected chi connectivity index (χ0v) is 21.4. The van der Waals surface area contributed by atoms with E-state index in [9.17, 15) is 4.79 Å². The summed E-state index contributed by atoms with van der Waals surface area (Å²) in [5.74, 6) is 0.510. The Morgan fingerprint density at radius 3 is 2.55 bits per heavy atom. The number of amides is 1. The van der Waals surface area contributed by atoms with Crippen LogP contribution in [0.5, 0.6) is 0 Å². The Morgan fingerprint density at radius 2 is 1.94 bits per heavy atom. The number of piperidine rings is 1. The Kier molecular flexibility index (Phi) is 7.65. The van der Waals surface area contributed by atoms with Crippen LogP contribution >= 0.6 is 35.0 Å². The van der Waals surface area contributed by atoms with E-state index in [0.717, 1.165) is 6.34 Å². The van der Waals surface area contributed by atoms with E-state index in [0.29, 0.717) is 51.7 Å². The van der Waals surface area contributed by atoms with Crippen LogP contribution in [0.25, 0.3) is 0 Å². The molecule has 2 aromatic rings. The van der Waals surface area contributed by atoms with Gasteiger partial charge in [-0.2, -0.15) is 0 Å². The minimum absolute atomic E-state index is 0.135. The van der Waals surface area contributed by atoms with Gasteiger partial charge in [0.05, 0.1) is 21.3 Å². The second kappa shape index (κ2) is 9.95. The molecule has 1 aliphatic heterocycles. The Balaban J connectivity index is 1.75. The lowest BCUT2D eigenvalue weighted by molar-refractivity contribution is 0.0448. The number of ether oxygens (including phenoxy) is 1. The third-order valence-corrected chi connectivity index (χ3v) is 7.21. The van der Waals surface area contributed by atoms with E-state index in [1.807, 2.05) is 38.7 Å². The van der Waals surface area contributed by atoms with Crippen molar-refractivity contribution < 1.29 is 9.53 Å². The predicted molar refractivity (Wildman–Crippen MR) is 132 cm³/mol. The molecule has 1 aromatic heterocycles. The lowest BCUT2D eigenvalue weighted by Gasteiger charge is -2.40. The first kappa shape index (κ1) is 25.4. The Morgan fingerprint density at radius 1 is 1.27 bits per heavy atom. The van der Waals surface area contributed by atoms with Crippen molar-refractivity contribution >= 4 is 53.3 Å². The fourth-order valence-corrected chi connectivity index (χ4v) is 4.80. The second-order valence-corrected chi connectivity index (χ2v) is 11.0. The molecule has 0 spiro atoms. The number of nitrogens with one attached hydrogen (secondary N) is 3. The molecule has 1 aliphatic rings. The van der Waals surface area contributed by atoms with Gasteiger partial charge in [-0.05, 0) is 52.7 Å². The van der Waals surface area contributed by atoms with Gasteiger partial charge in [0, 0.05) is 29.7 Å². The van der Waals surface area contributed by atoms with Gasteiger partial charge in [-0.1, -0.05) is 41.0 Å². The van der Waals surface area contributed by atoms with Crippen LogP contribution in [-0.2, 0) is 4.74 Å². The topological polar surface area (TPSA) is 107 Å². The molecule has 3 N–H and O–H groups in total. The van der Waals surface area contributed by atoms with Gasteiger partial charge in [0.15, 0.2) is 0 Å². The van der Waals surface area contributed by atoms with Crippen LogP contribution in [0.4, 0.5) is 10.7 Å². The summed E-state index contributed by atoms with van der Waals surface area (Å²) < 4.78 is 6.83. The Hall–Kier alpha value is -2.23. The van der Waals surface area contributed by atoms with Gasteiger partial charge in [-0.3, -0.25) is 15.4 Å². The zero-order valence-electron chi connectivity index (χ0n) is 19.0. The van der Waals surface area contributed by atoms with Crippen LogP contribution in [0.15, 0.2) is 34.2 Å². The molecule has 2 heterocycles. The fraction of sp³-hybridized carbons (Fsp3) is 0.455. The number of alkyl carbamates (subject to hydrolysis) is 1. The number of hydrogen-bond acceptors (Lipinski definition) is 7. The molecule has 1 saturated heterocycles. The monoisotopic (exact) mass is 510 g/mol. The molecule has 3 rings (SSSR count). The average Bonchev–Trinajstić information content (AvgIpc) is 2.71. The number of anilines is 1. The normalized spacial score (nSPS) is 15.8. The van der Waals surface area contributed by atoms with Gasteiger partial charge in [-0.25, -0.2) is 9.78 Å². The minimum atomic E-state index is -0.555. The lowest BCUT2D eigenvalue weighted by atomic mass is 9.90. The maximum absolute atomic E-state index is 12.2. The van der Waals surface area contributed by atoms with Crippen molar-refractivity contribution in [2.45, 2.75) is 61.5 Å².